The Labute approximate surface area is 196 Å². The van der Waals surface area contributed by atoms with Gasteiger partial charge in [0.15, 0.2) is 11.5 Å². The molecule has 2 rings (SSSR count). The van der Waals surface area contributed by atoms with E-state index in [2.05, 4.69) is 59.7 Å². The monoisotopic (exact) mass is 460 g/mol. The topological polar surface area (TPSA) is 36.9 Å². The zero-order valence-corrected chi connectivity index (χ0v) is 22.4. The molecule has 0 aromatic heterocycles. The first kappa shape index (κ1) is 26.6. The molecule has 0 bridgehead atoms. The molecule has 0 aliphatic rings. The molecule has 4 nitrogen and oxygen atoms in total. The first-order chi connectivity index (χ1) is 15.2. The van der Waals surface area contributed by atoms with Crippen LogP contribution in [0.5, 0.6) is 11.5 Å². The zero-order valence-electron chi connectivity index (χ0n) is 21.5. The highest BCUT2D eigenvalue weighted by atomic mass is 31.2. The van der Waals surface area contributed by atoms with Gasteiger partial charge in [0.25, 0.3) is 0 Å². The molecule has 0 aliphatic heterocycles. The van der Waals surface area contributed by atoms with Crippen LogP contribution >= 0.6 is 8.38 Å². The van der Waals surface area contributed by atoms with Crippen LogP contribution in [0.3, 0.4) is 0 Å². The smallest absolute Gasteiger partial charge is 0.205 e. The molecule has 0 N–H and O–H groups in total. The van der Waals surface area contributed by atoms with Crippen molar-refractivity contribution >= 4 is 13.7 Å². The van der Waals surface area contributed by atoms with E-state index < -0.39 is 8.38 Å². The third-order valence-electron chi connectivity index (χ3n) is 5.59. The van der Waals surface area contributed by atoms with Crippen LogP contribution in [-0.4, -0.2) is 27.4 Å². The third kappa shape index (κ3) is 5.84. The molecule has 5 heteroatoms. The maximum Gasteiger partial charge on any atom is 0.205 e. The Hall–Kier alpha value is -1.61. The predicted octanol–water partition coefficient (Wildman–Crippen LogP) is 7.75. The van der Waals surface area contributed by atoms with Gasteiger partial charge in [0.2, 0.25) is 8.38 Å². The van der Waals surface area contributed by atoms with Gasteiger partial charge in [0.05, 0.1) is 27.4 Å². The number of ether oxygens (including phenoxy) is 2. The molecule has 0 fully saturated rings. The van der Waals surface area contributed by atoms with Crippen molar-refractivity contribution in [1.82, 2.24) is 0 Å². The summed E-state index contributed by atoms with van der Waals surface area (Å²) in [5.41, 5.74) is 6.44. The van der Waals surface area contributed by atoms with Gasteiger partial charge in [-0.05, 0) is 71.6 Å². The molecule has 0 radical (unpaired) electrons. The van der Waals surface area contributed by atoms with E-state index in [4.69, 9.17) is 18.5 Å². The minimum absolute atomic E-state index is 0.368. The lowest BCUT2D eigenvalue weighted by molar-refractivity contribution is 0.277. The molecule has 32 heavy (non-hydrogen) atoms. The van der Waals surface area contributed by atoms with Gasteiger partial charge in [0, 0.05) is 5.30 Å². The van der Waals surface area contributed by atoms with Crippen molar-refractivity contribution in [3.05, 3.63) is 41.0 Å². The van der Waals surface area contributed by atoms with Gasteiger partial charge in [0.1, 0.15) is 0 Å². The summed E-state index contributed by atoms with van der Waals surface area (Å²) in [6.45, 7) is 18.8. The Morgan fingerprint density at radius 2 is 1.16 bits per heavy atom. The second kappa shape index (κ2) is 12.0. The van der Waals surface area contributed by atoms with Crippen LogP contribution in [0.4, 0.5) is 0 Å². The second-order valence-corrected chi connectivity index (χ2v) is 10.4. The maximum atomic E-state index is 6.11. The van der Waals surface area contributed by atoms with E-state index in [0.29, 0.717) is 42.5 Å². The summed E-state index contributed by atoms with van der Waals surface area (Å²) >= 11 is 0. The van der Waals surface area contributed by atoms with Gasteiger partial charge >= 0.3 is 0 Å². The normalized spacial score (nSPS) is 11.8. The number of hydrogen-bond acceptors (Lipinski definition) is 4. The van der Waals surface area contributed by atoms with E-state index in [1.54, 1.807) is 14.2 Å². The minimum Gasteiger partial charge on any atom is -0.493 e. The quantitative estimate of drug-likeness (QED) is 0.321. The Kier molecular flexibility index (Phi) is 10.0. The van der Waals surface area contributed by atoms with Gasteiger partial charge in [-0.2, -0.15) is 0 Å². The summed E-state index contributed by atoms with van der Waals surface area (Å²) in [6.07, 6.45) is 0. The second-order valence-electron chi connectivity index (χ2n) is 8.86. The summed E-state index contributed by atoms with van der Waals surface area (Å²) in [7, 11) is 2.09. The summed E-state index contributed by atoms with van der Waals surface area (Å²) < 4.78 is 23.6. The summed E-state index contributed by atoms with van der Waals surface area (Å²) in [6, 6.07) is 8.89. The van der Waals surface area contributed by atoms with Crippen molar-refractivity contribution < 1.29 is 18.5 Å². The average Bonchev–Trinajstić information content (AvgIpc) is 2.76. The van der Waals surface area contributed by atoms with Crippen molar-refractivity contribution in [3.63, 3.8) is 0 Å². The van der Waals surface area contributed by atoms with Crippen molar-refractivity contribution in [3.8, 4) is 22.6 Å². The van der Waals surface area contributed by atoms with Gasteiger partial charge < -0.3 is 18.5 Å². The van der Waals surface area contributed by atoms with Crippen molar-refractivity contribution in [1.29, 1.82) is 0 Å². The minimum atomic E-state index is -1.26. The van der Waals surface area contributed by atoms with Crippen LogP contribution < -0.4 is 14.8 Å². The Morgan fingerprint density at radius 1 is 0.688 bits per heavy atom. The van der Waals surface area contributed by atoms with E-state index in [1.807, 2.05) is 19.9 Å². The first-order valence-electron chi connectivity index (χ1n) is 11.7. The van der Waals surface area contributed by atoms with Gasteiger partial charge in [-0.15, -0.1) is 0 Å². The van der Waals surface area contributed by atoms with Crippen molar-refractivity contribution in [2.75, 3.05) is 27.4 Å². The van der Waals surface area contributed by atoms with Gasteiger partial charge in [-0.1, -0.05) is 53.7 Å². The number of benzene rings is 2. The maximum absolute atomic E-state index is 6.11. The van der Waals surface area contributed by atoms with Crippen molar-refractivity contribution in [2.45, 2.75) is 73.1 Å². The lowest BCUT2D eigenvalue weighted by atomic mass is 9.81. The third-order valence-corrected chi connectivity index (χ3v) is 7.34. The Balaban J connectivity index is 2.99. The van der Waals surface area contributed by atoms with Crippen LogP contribution in [0, 0.1) is 0 Å². The number of hydrogen-bond donors (Lipinski definition) is 0. The molecule has 0 heterocycles. The van der Waals surface area contributed by atoms with E-state index in [9.17, 15) is 0 Å². The summed E-state index contributed by atoms with van der Waals surface area (Å²) in [4.78, 5) is 0. The summed E-state index contributed by atoms with van der Waals surface area (Å²) in [5, 5.41) is 1.03. The fourth-order valence-electron chi connectivity index (χ4n) is 3.90. The Morgan fingerprint density at radius 3 is 1.53 bits per heavy atom. The molecule has 2 aromatic carbocycles. The molecule has 0 atom stereocenters. The van der Waals surface area contributed by atoms with Crippen LogP contribution in [0.2, 0.25) is 0 Å². The van der Waals surface area contributed by atoms with E-state index in [0.717, 1.165) is 10.9 Å². The first-order valence-corrected chi connectivity index (χ1v) is 12.9. The molecule has 178 valence electrons. The van der Waals surface area contributed by atoms with E-state index in [1.165, 1.54) is 22.3 Å². The van der Waals surface area contributed by atoms with Gasteiger partial charge in [-0.3, -0.25) is 0 Å². The van der Waals surface area contributed by atoms with Crippen LogP contribution in [0.15, 0.2) is 24.3 Å². The molecule has 2 aromatic rings. The van der Waals surface area contributed by atoms with Crippen molar-refractivity contribution in [2.24, 2.45) is 0 Å². The SMILES string of the molecule is CCOP(OCC)c1cc(OC)c(OC)cc1-c1c(C(C)C)cc(C(C)C)cc1C(C)C. The molecule has 0 saturated carbocycles. The van der Waals surface area contributed by atoms with Crippen LogP contribution in [0.1, 0.15) is 89.8 Å². The molecular formula is C27H41O4P. The molecular weight excluding hydrogens is 419 g/mol. The highest BCUT2D eigenvalue weighted by Crippen LogP contribution is 2.47. The molecule has 0 unspecified atom stereocenters. The Bertz CT molecular complexity index is 854. The molecule has 0 amide bonds. The lowest BCUT2D eigenvalue weighted by Crippen LogP contribution is -2.14. The number of methoxy groups -OCH3 is 2. The van der Waals surface area contributed by atoms with E-state index >= 15 is 0 Å². The highest BCUT2D eigenvalue weighted by molar-refractivity contribution is 7.56. The molecule has 0 saturated heterocycles. The fraction of sp³-hybridized carbons (Fsp3) is 0.556. The highest BCUT2D eigenvalue weighted by Gasteiger charge is 2.27. The molecule has 0 spiro atoms. The lowest BCUT2D eigenvalue weighted by Gasteiger charge is -2.27. The standard InChI is InChI=1S/C27H41O4P/c1-11-30-32(31-12-2)26-16-25(29-10)24(28-9)15-23(26)27-21(18(5)6)13-20(17(3)4)14-22(27)19(7)8/h13-19H,11-12H2,1-10H3. The largest absolute Gasteiger partial charge is 0.493 e. The zero-order chi connectivity index (χ0) is 24.0. The summed E-state index contributed by atoms with van der Waals surface area (Å²) in [5.74, 6) is 2.61. The van der Waals surface area contributed by atoms with Crippen LogP contribution in [0.25, 0.3) is 11.1 Å². The van der Waals surface area contributed by atoms with E-state index in [-0.39, 0.29) is 0 Å². The molecule has 0 aliphatic carbocycles. The fourth-order valence-corrected chi connectivity index (χ4v) is 5.31. The van der Waals surface area contributed by atoms with Gasteiger partial charge in [-0.25, -0.2) is 0 Å². The van der Waals surface area contributed by atoms with Crippen LogP contribution in [-0.2, 0) is 9.05 Å². The predicted molar refractivity (Wildman–Crippen MR) is 137 cm³/mol. The average molecular weight is 461 g/mol. The number of rotatable bonds is 11.